The molecule has 0 bridgehead atoms. The molecule has 1 fully saturated rings. The van der Waals surface area contributed by atoms with Crippen molar-refractivity contribution in [1.29, 1.82) is 0 Å². The van der Waals surface area contributed by atoms with Gasteiger partial charge in [0.25, 0.3) is 0 Å². The van der Waals surface area contributed by atoms with E-state index in [0.717, 1.165) is 34.1 Å². The fourth-order valence-corrected chi connectivity index (χ4v) is 6.59. The first kappa shape index (κ1) is 21.8. The Kier molecular flexibility index (Phi) is 5.83. The van der Waals surface area contributed by atoms with Crippen LogP contribution >= 0.6 is 11.3 Å². The predicted octanol–water partition coefficient (Wildman–Crippen LogP) is 5.58. The summed E-state index contributed by atoms with van der Waals surface area (Å²) < 4.78 is 65.9. The molecule has 2 aromatic carbocycles. The number of benzene rings is 2. The molecule has 1 aliphatic heterocycles. The molecule has 0 saturated carbocycles. The molecule has 1 aliphatic rings. The fourth-order valence-electron chi connectivity index (χ4n) is 3.75. The van der Waals surface area contributed by atoms with Crippen LogP contribution in [0.2, 0.25) is 0 Å². The van der Waals surface area contributed by atoms with Crippen molar-refractivity contribution in [2.75, 3.05) is 18.0 Å². The Morgan fingerprint density at radius 1 is 1.03 bits per heavy atom. The number of hydrogen-bond acceptors (Lipinski definition) is 5. The smallest absolute Gasteiger partial charge is 0.348 e. The third-order valence-electron chi connectivity index (χ3n) is 5.49. The molecule has 0 amide bonds. The van der Waals surface area contributed by atoms with E-state index in [-0.39, 0.29) is 12.8 Å². The summed E-state index contributed by atoms with van der Waals surface area (Å²) in [6.45, 7) is 2.87. The molecule has 0 spiro atoms. The van der Waals surface area contributed by atoms with Crippen molar-refractivity contribution in [2.24, 2.45) is 0 Å². The maximum absolute atomic E-state index is 13.3. The average molecular weight is 467 g/mol. The summed E-state index contributed by atoms with van der Waals surface area (Å²) >= 11 is 1.48. The van der Waals surface area contributed by atoms with Crippen molar-refractivity contribution in [3.63, 3.8) is 0 Å². The van der Waals surface area contributed by atoms with E-state index in [4.69, 9.17) is 0 Å². The summed E-state index contributed by atoms with van der Waals surface area (Å²) in [5.41, 5.74) is 1.93. The van der Waals surface area contributed by atoms with Crippen molar-refractivity contribution in [1.82, 2.24) is 4.98 Å². The van der Waals surface area contributed by atoms with Gasteiger partial charge in [0.15, 0.2) is 15.0 Å². The highest BCUT2D eigenvalue weighted by Crippen LogP contribution is 2.37. The molecule has 4 nitrogen and oxygen atoms in total. The Morgan fingerprint density at radius 3 is 2.32 bits per heavy atom. The molecular formula is C22H21F3N2O2S2. The Labute approximate surface area is 183 Å². The van der Waals surface area contributed by atoms with E-state index in [1.807, 2.05) is 41.5 Å². The standard InChI is InChI=1S/C22H21F3N2O2S2/c1-15-6-8-16(9-7-15)19-14-30-21(26-19)27-12-10-17(11-13-27)31(28,29)20-5-3-2-4-18(20)22(23,24)25/h2-9,14,17H,10-13H2,1H3. The molecule has 4 rings (SSSR count). The topological polar surface area (TPSA) is 50.3 Å². The zero-order valence-corrected chi connectivity index (χ0v) is 18.4. The Hall–Kier alpha value is -2.39. The largest absolute Gasteiger partial charge is 0.417 e. The SMILES string of the molecule is Cc1ccc(-c2csc(N3CCC(S(=O)(=O)c4ccccc4C(F)(F)F)CC3)n2)cc1. The summed E-state index contributed by atoms with van der Waals surface area (Å²) in [5.74, 6) is 0. The first-order valence-corrected chi connectivity index (χ1v) is 12.3. The van der Waals surface area contributed by atoms with Crippen LogP contribution in [-0.4, -0.2) is 31.7 Å². The lowest BCUT2D eigenvalue weighted by Crippen LogP contribution is -2.39. The molecule has 0 atom stereocenters. The van der Waals surface area contributed by atoms with E-state index >= 15 is 0 Å². The van der Waals surface area contributed by atoms with E-state index in [1.165, 1.54) is 23.5 Å². The second-order valence-electron chi connectivity index (χ2n) is 7.61. The van der Waals surface area contributed by atoms with Crippen molar-refractivity contribution in [3.8, 4) is 11.3 Å². The summed E-state index contributed by atoms with van der Waals surface area (Å²) in [4.78, 5) is 6.05. The minimum atomic E-state index is -4.71. The van der Waals surface area contributed by atoms with Gasteiger partial charge < -0.3 is 4.90 Å². The van der Waals surface area contributed by atoms with Crippen LogP contribution in [-0.2, 0) is 16.0 Å². The summed E-state index contributed by atoms with van der Waals surface area (Å²) in [7, 11) is -4.09. The van der Waals surface area contributed by atoms with Gasteiger partial charge in [-0.25, -0.2) is 13.4 Å². The number of anilines is 1. The number of aryl methyl sites for hydroxylation is 1. The minimum Gasteiger partial charge on any atom is -0.348 e. The average Bonchev–Trinajstić information content (AvgIpc) is 3.24. The van der Waals surface area contributed by atoms with Gasteiger partial charge in [-0.1, -0.05) is 42.0 Å². The molecule has 0 unspecified atom stereocenters. The molecule has 3 aromatic rings. The van der Waals surface area contributed by atoms with Crippen LogP contribution in [0.25, 0.3) is 11.3 Å². The van der Waals surface area contributed by atoms with Gasteiger partial charge in [0.05, 0.1) is 21.4 Å². The highest BCUT2D eigenvalue weighted by molar-refractivity contribution is 7.92. The normalized spacial score (nSPS) is 15.9. The van der Waals surface area contributed by atoms with Crippen molar-refractivity contribution >= 4 is 26.3 Å². The van der Waals surface area contributed by atoms with Gasteiger partial charge in [-0.3, -0.25) is 0 Å². The number of aromatic nitrogens is 1. The Balaban J connectivity index is 1.49. The summed E-state index contributed by atoms with van der Waals surface area (Å²) in [6.07, 6.45) is -4.19. The van der Waals surface area contributed by atoms with Gasteiger partial charge in [-0.05, 0) is 31.9 Å². The molecule has 164 valence electrons. The van der Waals surface area contributed by atoms with Crippen LogP contribution < -0.4 is 4.90 Å². The van der Waals surface area contributed by atoms with Gasteiger partial charge in [0.2, 0.25) is 0 Å². The lowest BCUT2D eigenvalue weighted by molar-refractivity contribution is -0.139. The third-order valence-corrected chi connectivity index (χ3v) is 8.71. The third kappa shape index (κ3) is 4.48. The van der Waals surface area contributed by atoms with Crippen LogP contribution in [0, 0.1) is 6.92 Å². The van der Waals surface area contributed by atoms with Crippen LogP contribution in [0.1, 0.15) is 24.0 Å². The zero-order valence-electron chi connectivity index (χ0n) is 16.8. The van der Waals surface area contributed by atoms with Crippen LogP contribution in [0.3, 0.4) is 0 Å². The van der Waals surface area contributed by atoms with E-state index < -0.39 is 31.7 Å². The monoisotopic (exact) mass is 466 g/mol. The number of piperidine rings is 1. The molecule has 0 radical (unpaired) electrons. The van der Waals surface area contributed by atoms with E-state index in [9.17, 15) is 21.6 Å². The number of thiazole rings is 1. The van der Waals surface area contributed by atoms with Gasteiger partial charge in [-0.15, -0.1) is 11.3 Å². The van der Waals surface area contributed by atoms with Gasteiger partial charge in [0.1, 0.15) is 0 Å². The number of alkyl halides is 3. The predicted molar refractivity (Wildman–Crippen MR) is 116 cm³/mol. The van der Waals surface area contributed by atoms with Crippen molar-refractivity contribution in [2.45, 2.75) is 36.1 Å². The molecule has 1 saturated heterocycles. The number of hydrogen-bond donors (Lipinski definition) is 0. The minimum absolute atomic E-state index is 0.258. The lowest BCUT2D eigenvalue weighted by atomic mass is 10.1. The summed E-state index contributed by atoms with van der Waals surface area (Å²) in [5, 5.41) is 1.91. The second-order valence-corrected chi connectivity index (χ2v) is 10.6. The maximum Gasteiger partial charge on any atom is 0.417 e. The number of halogens is 3. The highest BCUT2D eigenvalue weighted by atomic mass is 32.2. The quantitative estimate of drug-likeness (QED) is 0.504. The maximum atomic E-state index is 13.3. The van der Waals surface area contributed by atoms with Crippen LogP contribution in [0.15, 0.2) is 58.8 Å². The molecule has 1 aromatic heterocycles. The van der Waals surface area contributed by atoms with Crippen molar-refractivity contribution < 1.29 is 21.6 Å². The van der Waals surface area contributed by atoms with Gasteiger partial charge in [-0.2, -0.15) is 13.2 Å². The second kappa shape index (κ2) is 8.27. The van der Waals surface area contributed by atoms with Gasteiger partial charge >= 0.3 is 6.18 Å². The molecule has 2 heterocycles. The Morgan fingerprint density at radius 2 is 1.68 bits per heavy atom. The van der Waals surface area contributed by atoms with Crippen LogP contribution in [0.5, 0.6) is 0 Å². The van der Waals surface area contributed by atoms with E-state index in [1.54, 1.807) is 0 Å². The zero-order chi connectivity index (χ0) is 22.2. The number of sulfone groups is 1. The molecule has 0 N–H and O–H groups in total. The number of nitrogens with zero attached hydrogens (tertiary/aromatic N) is 2. The first-order valence-electron chi connectivity index (χ1n) is 9.84. The Bertz CT molecular complexity index is 1160. The first-order chi connectivity index (χ1) is 14.7. The summed E-state index contributed by atoms with van der Waals surface area (Å²) in [6, 6.07) is 12.5. The lowest BCUT2D eigenvalue weighted by Gasteiger charge is -2.31. The fraction of sp³-hybridized carbons (Fsp3) is 0.318. The van der Waals surface area contributed by atoms with Gasteiger partial charge in [0, 0.05) is 24.0 Å². The van der Waals surface area contributed by atoms with Crippen LogP contribution in [0.4, 0.5) is 18.3 Å². The molecule has 31 heavy (non-hydrogen) atoms. The molecular weight excluding hydrogens is 445 g/mol. The van der Waals surface area contributed by atoms with E-state index in [0.29, 0.717) is 13.1 Å². The highest BCUT2D eigenvalue weighted by Gasteiger charge is 2.40. The molecule has 9 heteroatoms. The molecule has 0 aliphatic carbocycles. The van der Waals surface area contributed by atoms with E-state index in [2.05, 4.69) is 4.98 Å². The van der Waals surface area contributed by atoms with Crippen molar-refractivity contribution in [3.05, 3.63) is 65.0 Å². The number of rotatable bonds is 4.